The van der Waals surface area contributed by atoms with Gasteiger partial charge in [-0.1, -0.05) is 30.3 Å². The molecule has 5 unspecified atom stereocenters. The largest absolute Gasteiger partial charge is 0.391 e. The predicted octanol–water partition coefficient (Wildman–Crippen LogP) is -0.685. The van der Waals surface area contributed by atoms with E-state index in [9.17, 15) is 15.3 Å². The molecule has 2 heterocycles. The average Bonchev–Trinajstić information content (AvgIpc) is 2.84. The molecule has 1 aromatic rings. The van der Waals surface area contributed by atoms with Crippen LogP contribution in [-0.2, 0) is 6.54 Å². The summed E-state index contributed by atoms with van der Waals surface area (Å²) in [7, 11) is 0. The summed E-state index contributed by atoms with van der Waals surface area (Å²) in [6, 6.07) is 9.50. The monoisotopic (exact) mass is 278 g/mol. The van der Waals surface area contributed by atoms with Gasteiger partial charge >= 0.3 is 0 Å². The SMILES string of the molecule is OC1CCN2CC(NCc3ccccc3)C(O)C(O)C12. The number of piperidine rings is 1. The highest BCUT2D eigenvalue weighted by Crippen LogP contribution is 2.28. The van der Waals surface area contributed by atoms with Crippen molar-refractivity contribution in [2.24, 2.45) is 0 Å². The fourth-order valence-corrected chi connectivity index (χ4v) is 3.35. The molecule has 20 heavy (non-hydrogen) atoms. The Balaban J connectivity index is 1.63. The Bertz CT molecular complexity index is 442. The van der Waals surface area contributed by atoms with E-state index < -0.39 is 18.3 Å². The summed E-state index contributed by atoms with van der Waals surface area (Å²) in [6.07, 6.45) is -1.60. The van der Waals surface area contributed by atoms with E-state index in [0.717, 1.165) is 12.1 Å². The minimum atomic E-state index is -0.894. The molecule has 5 heteroatoms. The molecule has 0 bridgehead atoms. The van der Waals surface area contributed by atoms with Gasteiger partial charge < -0.3 is 20.6 Å². The van der Waals surface area contributed by atoms with Gasteiger partial charge in [0.05, 0.1) is 24.4 Å². The number of hydrogen-bond donors (Lipinski definition) is 4. The molecule has 2 saturated heterocycles. The second-order valence-electron chi connectivity index (χ2n) is 5.80. The van der Waals surface area contributed by atoms with Crippen LogP contribution in [-0.4, -0.2) is 63.7 Å². The van der Waals surface area contributed by atoms with Crippen molar-refractivity contribution in [1.82, 2.24) is 10.2 Å². The Labute approximate surface area is 118 Å². The first kappa shape index (κ1) is 14.0. The number of fused-ring (bicyclic) bond motifs is 1. The van der Waals surface area contributed by atoms with Crippen LogP contribution in [0.4, 0.5) is 0 Å². The third kappa shape index (κ3) is 2.60. The van der Waals surface area contributed by atoms with Crippen LogP contribution in [0, 0.1) is 0 Å². The lowest BCUT2D eigenvalue weighted by Crippen LogP contribution is -2.64. The van der Waals surface area contributed by atoms with Gasteiger partial charge in [-0.15, -0.1) is 0 Å². The van der Waals surface area contributed by atoms with E-state index in [1.165, 1.54) is 0 Å². The zero-order valence-electron chi connectivity index (χ0n) is 11.4. The van der Waals surface area contributed by atoms with Crippen LogP contribution < -0.4 is 5.32 Å². The van der Waals surface area contributed by atoms with Gasteiger partial charge in [-0.2, -0.15) is 0 Å². The standard InChI is InChI=1S/C15H22N2O3/c18-12-6-7-17-9-11(14(19)15(20)13(12)17)16-8-10-4-2-1-3-5-10/h1-5,11-16,18-20H,6-9H2. The van der Waals surface area contributed by atoms with Gasteiger partial charge in [-0.3, -0.25) is 4.90 Å². The van der Waals surface area contributed by atoms with E-state index in [2.05, 4.69) is 10.2 Å². The van der Waals surface area contributed by atoms with Crippen LogP contribution >= 0.6 is 0 Å². The van der Waals surface area contributed by atoms with Gasteiger partial charge in [0.2, 0.25) is 0 Å². The highest BCUT2D eigenvalue weighted by atomic mass is 16.3. The number of aliphatic hydroxyl groups excluding tert-OH is 3. The van der Waals surface area contributed by atoms with Crippen LogP contribution in [0.2, 0.25) is 0 Å². The Morgan fingerprint density at radius 3 is 2.60 bits per heavy atom. The van der Waals surface area contributed by atoms with Crippen LogP contribution in [0.25, 0.3) is 0 Å². The van der Waals surface area contributed by atoms with E-state index >= 15 is 0 Å². The Morgan fingerprint density at radius 1 is 1.10 bits per heavy atom. The molecule has 2 aliphatic heterocycles. The van der Waals surface area contributed by atoms with Crippen molar-refractivity contribution in [3.05, 3.63) is 35.9 Å². The third-order valence-corrected chi connectivity index (χ3v) is 4.48. The van der Waals surface area contributed by atoms with E-state index in [1.807, 2.05) is 30.3 Å². The van der Waals surface area contributed by atoms with Gasteiger partial charge in [0.1, 0.15) is 0 Å². The molecule has 5 nitrogen and oxygen atoms in total. The van der Waals surface area contributed by atoms with Gasteiger partial charge in [0.15, 0.2) is 0 Å². The van der Waals surface area contributed by atoms with Crippen LogP contribution in [0.3, 0.4) is 0 Å². The summed E-state index contributed by atoms with van der Waals surface area (Å²) in [5.41, 5.74) is 1.15. The molecule has 3 rings (SSSR count). The van der Waals surface area contributed by atoms with Gasteiger partial charge in [0.25, 0.3) is 0 Å². The second-order valence-corrected chi connectivity index (χ2v) is 5.80. The first-order valence-electron chi connectivity index (χ1n) is 7.22. The molecule has 0 amide bonds. The van der Waals surface area contributed by atoms with Crippen LogP contribution in [0.5, 0.6) is 0 Å². The molecule has 1 aromatic carbocycles. The highest BCUT2D eigenvalue weighted by molar-refractivity contribution is 5.15. The van der Waals surface area contributed by atoms with Crippen LogP contribution in [0.1, 0.15) is 12.0 Å². The quantitative estimate of drug-likeness (QED) is 0.589. The van der Waals surface area contributed by atoms with Crippen molar-refractivity contribution < 1.29 is 15.3 Å². The summed E-state index contributed by atoms with van der Waals surface area (Å²) >= 11 is 0. The predicted molar refractivity (Wildman–Crippen MR) is 75.1 cm³/mol. The lowest BCUT2D eigenvalue weighted by atomic mass is 9.91. The summed E-state index contributed by atoms with van der Waals surface area (Å²) < 4.78 is 0. The number of rotatable bonds is 3. The Kier molecular flexibility index (Phi) is 4.05. The molecule has 0 aromatic heterocycles. The zero-order chi connectivity index (χ0) is 14.1. The van der Waals surface area contributed by atoms with E-state index in [-0.39, 0.29) is 12.1 Å². The van der Waals surface area contributed by atoms with E-state index in [0.29, 0.717) is 19.5 Å². The maximum atomic E-state index is 10.2. The number of hydrogen-bond acceptors (Lipinski definition) is 5. The summed E-state index contributed by atoms with van der Waals surface area (Å²) in [6.45, 7) is 2.10. The number of nitrogens with one attached hydrogen (secondary N) is 1. The van der Waals surface area contributed by atoms with E-state index in [1.54, 1.807) is 0 Å². The summed E-state index contributed by atoms with van der Waals surface area (Å²) in [4.78, 5) is 2.07. The fourth-order valence-electron chi connectivity index (χ4n) is 3.35. The number of aliphatic hydroxyl groups is 3. The molecular weight excluding hydrogens is 256 g/mol. The van der Waals surface area contributed by atoms with Crippen molar-refractivity contribution >= 4 is 0 Å². The average molecular weight is 278 g/mol. The van der Waals surface area contributed by atoms with Gasteiger partial charge in [0, 0.05) is 25.7 Å². The highest BCUT2D eigenvalue weighted by Gasteiger charge is 2.47. The molecule has 0 spiro atoms. The maximum Gasteiger partial charge on any atom is 0.0994 e. The smallest absolute Gasteiger partial charge is 0.0994 e. The zero-order valence-corrected chi connectivity index (χ0v) is 11.4. The van der Waals surface area contributed by atoms with Crippen LogP contribution in [0.15, 0.2) is 30.3 Å². The molecule has 2 aliphatic rings. The molecule has 0 saturated carbocycles. The van der Waals surface area contributed by atoms with Crippen molar-refractivity contribution in [1.29, 1.82) is 0 Å². The topological polar surface area (TPSA) is 76.0 Å². The Hall–Kier alpha value is -0.980. The first-order chi connectivity index (χ1) is 9.66. The van der Waals surface area contributed by atoms with Crippen molar-refractivity contribution in [2.75, 3.05) is 13.1 Å². The fraction of sp³-hybridized carbons (Fsp3) is 0.600. The van der Waals surface area contributed by atoms with Crippen molar-refractivity contribution in [3.63, 3.8) is 0 Å². The molecule has 4 N–H and O–H groups in total. The molecule has 2 fully saturated rings. The summed E-state index contributed by atoms with van der Waals surface area (Å²) in [5.74, 6) is 0. The lowest BCUT2D eigenvalue weighted by Gasteiger charge is -2.43. The normalized spacial score (nSPS) is 37.9. The van der Waals surface area contributed by atoms with E-state index in [4.69, 9.17) is 0 Å². The minimum Gasteiger partial charge on any atom is -0.391 e. The molecular formula is C15H22N2O3. The first-order valence-corrected chi connectivity index (χ1v) is 7.22. The second kappa shape index (κ2) is 5.79. The van der Waals surface area contributed by atoms with Crippen molar-refractivity contribution in [3.8, 4) is 0 Å². The minimum absolute atomic E-state index is 0.174. The molecule has 5 atom stereocenters. The number of benzene rings is 1. The van der Waals surface area contributed by atoms with Gasteiger partial charge in [-0.05, 0) is 12.0 Å². The third-order valence-electron chi connectivity index (χ3n) is 4.48. The Morgan fingerprint density at radius 2 is 1.85 bits per heavy atom. The molecule has 110 valence electrons. The van der Waals surface area contributed by atoms with Gasteiger partial charge in [-0.25, -0.2) is 0 Å². The summed E-state index contributed by atoms with van der Waals surface area (Å²) in [5, 5.41) is 33.6. The van der Waals surface area contributed by atoms with Crippen molar-refractivity contribution in [2.45, 2.75) is 43.4 Å². The lowest BCUT2D eigenvalue weighted by molar-refractivity contribution is -0.102. The number of nitrogens with zero attached hydrogens (tertiary/aromatic N) is 1. The molecule has 0 radical (unpaired) electrons. The molecule has 0 aliphatic carbocycles. The maximum absolute atomic E-state index is 10.2.